The van der Waals surface area contributed by atoms with E-state index in [0.29, 0.717) is 16.9 Å². The topological polar surface area (TPSA) is 73.6 Å². The van der Waals surface area contributed by atoms with Crippen LogP contribution >= 0.6 is 0 Å². The Kier molecular flexibility index (Phi) is 6.80. The lowest BCUT2D eigenvalue weighted by atomic mass is 10.1. The van der Waals surface area contributed by atoms with Crippen molar-refractivity contribution in [2.75, 3.05) is 23.7 Å². The Morgan fingerprint density at radius 3 is 2.18 bits per heavy atom. The first kappa shape index (κ1) is 19.6. The molecule has 144 valence electrons. The monoisotopic (exact) mass is 373 g/mol. The van der Waals surface area contributed by atoms with Gasteiger partial charge in [-0.1, -0.05) is 57.0 Å². The lowest BCUT2D eigenvalue weighted by Gasteiger charge is -2.15. The van der Waals surface area contributed by atoms with E-state index in [9.17, 15) is 5.26 Å². The van der Waals surface area contributed by atoms with Crippen molar-refractivity contribution in [2.45, 2.75) is 39.5 Å². The van der Waals surface area contributed by atoms with Crippen LogP contribution in [0.5, 0.6) is 0 Å². The smallest absolute Gasteiger partial charge is 0.148 e. The minimum Gasteiger partial charge on any atom is -0.369 e. The highest BCUT2D eigenvalue weighted by molar-refractivity contribution is 5.97. The number of nitrogens with one attached hydrogen (secondary N) is 2. The Bertz CT molecular complexity index is 960. The maximum Gasteiger partial charge on any atom is 0.148 e. The predicted octanol–water partition coefficient (Wildman–Crippen LogP) is 5.59. The fourth-order valence-corrected chi connectivity index (χ4v) is 3.09. The first-order valence-corrected chi connectivity index (χ1v) is 10.1. The molecule has 0 aliphatic heterocycles. The number of rotatable bonds is 9. The van der Waals surface area contributed by atoms with Gasteiger partial charge in [0.15, 0.2) is 0 Å². The molecule has 5 nitrogen and oxygen atoms in total. The maximum atomic E-state index is 9.85. The second kappa shape index (κ2) is 9.70. The van der Waals surface area contributed by atoms with Crippen molar-refractivity contribution in [3.05, 3.63) is 48.0 Å². The number of pyridine rings is 2. The molecule has 0 radical (unpaired) electrons. The van der Waals surface area contributed by atoms with Gasteiger partial charge >= 0.3 is 0 Å². The molecule has 3 aromatic rings. The van der Waals surface area contributed by atoms with Gasteiger partial charge in [-0.25, -0.2) is 9.97 Å². The molecular weight excluding hydrogens is 346 g/mol. The molecule has 0 amide bonds. The molecule has 0 aliphatic rings. The van der Waals surface area contributed by atoms with Crippen LogP contribution in [0.4, 0.5) is 11.6 Å². The molecule has 28 heavy (non-hydrogen) atoms. The quantitative estimate of drug-likeness (QED) is 0.478. The van der Waals surface area contributed by atoms with Crippen molar-refractivity contribution in [1.29, 1.82) is 5.26 Å². The molecule has 0 aliphatic carbocycles. The molecule has 0 unspecified atom stereocenters. The van der Waals surface area contributed by atoms with E-state index >= 15 is 0 Å². The summed E-state index contributed by atoms with van der Waals surface area (Å²) in [6.07, 6.45) is 4.29. The molecule has 0 saturated heterocycles. The number of fused-ring (bicyclic) bond motifs is 1. The average Bonchev–Trinajstić information content (AvgIpc) is 2.74. The molecule has 0 fully saturated rings. The zero-order valence-electron chi connectivity index (χ0n) is 16.6. The van der Waals surface area contributed by atoms with Gasteiger partial charge in [-0.2, -0.15) is 5.26 Å². The van der Waals surface area contributed by atoms with Gasteiger partial charge in [0.25, 0.3) is 0 Å². The van der Waals surface area contributed by atoms with E-state index in [1.807, 2.05) is 42.5 Å². The number of nitrogens with zero attached hydrogens (tertiary/aromatic N) is 3. The van der Waals surface area contributed by atoms with Crippen LogP contribution in [0.25, 0.3) is 22.2 Å². The third-order valence-electron chi connectivity index (χ3n) is 4.67. The molecule has 2 heterocycles. The van der Waals surface area contributed by atoms with Gasteiger partial charge in [0.05, 0.1) is 11.2 Å². The van der Waals surface area contributed by atoms with Gasteiger partial charge in [-0.05, 0) is 25.0 Å². The number of nitriles is 1. The number of hydrogen-bond acceptors (Lipinski definition) is 5. The van der Waals surface area contributed by atoms with E-state index in [0.717, 1.165) is 61.2 Å². The van der Waals surface area contributed by atoms with Gasteiger partial charge in [0, 0.05) is 24.0 Å². The third kappa shape index (κ3) is 4.40. The Hall–Kier alpha value is -3.13. The first-order chi connectivity index (χ1) is 13.8. The van der Waals surface area contributed by atoms with Crippen molar-refractivity contribution in [2.24, 2.45) is 0 Å². The first-order valence-electron chi connectivity index (χ1n) is 10.1. The van der Waals surface area contributed by atoms with E-state index in [1.165, 1.54) is 0 Å². The Labute approximate surface area is 166 Å². The summed E-state index contributed by atoms with van der Waals surface area (Å²) in [5.74, 6) is 1.40. The zero-order chi connectivity index (χ0) is 19.8. The summed E-state index contributed by atoms with van der Waals surface area (Å²) in [7, 11) is 0. The number of aromatic nitrogens is 2. The Morgan fingerprint density at radius 1 is 0.857 bits per heavy atom. The van der Waals surface area contributed by atoms with Crippen LogP contribution in [-0.4, -0.2) is 23.1 Å². The van der Waals surface area contributed by atoms with Crippen LogP contribution in [0.3, 0.4) is 0 Å². The Balaban J connectivity index is 2.11. The van der Waals surface area contributed by atoms with Crippen molar-refractivity contribution < 1.29 is 0 Å². The largest absolute Gasteiger partial charge is 0.369 e. The molecule has 2 N–H and O–H groups in total. The lowest BCUT2D eigenvalue weighted by Crippen LogP contribution is -2.10. The molecule has 2 aromatic heterocycles. The number of hydrogen-bond donors (Lipinski definition) is 2. The van der Waals surface area contributed by atoms with Crippen LogP contribution < -0.4 is 10.6 Å². The summed E-state index contributed by atoms with van der Waals surface area (Å²) in [4.78, 5) is 9.58. The number of anilines is 2. The second-order valence-electron chi connectivity index (χ2n) is 6.82. The van der Waals surface area contributed by atoms with E-state index in [4.69, 9.17) is 9.97 Å². The van der Waals surface area contributed by atoms with Crippen LogP contribution in [0.15, 0.2) is 42.5 Å². The van der Waals surface area contributed by atoms with Crippen LogP contribution in [0.2, 0.25) is 0 Å². The number of unbranched alkanes of at least 4 members (excludes halogenated alkanes) is 2. The molecule has 1 aromatic carbocycles. The highest BCUT2D eigenvalue weighted by Crippen LogP contribution is 2.31. The fraction of sp³-hybridized carbons (Fsp3) is 0.348. The molecular formula is C23H27N5. The summed E-state index contributed by atoms with van der Waals surface area (Å²) < 4.78 is 0. The minimum atomic E-state index is 0.505. The molecule has 3 rings (SSSR count). The second-order valence-corrected chi connectivity index (χ2v) is 6.82. The van der Waals surface area contributed by atoms with Gasteiger partial charge in [-0.15, -0.1) is 0 Å². The standard InChI is InChI=1S/C23H27N5/c1-3-5-14-25-22-18-12-13-20(17-10-8-7-9-11-17)27-21(18)19(16-24)23(28-22)26-15-6-4-2/h7-13H,3-6,14-15H2,1-2H3,(H2,25,26,28). The highest BCUT2D eigenvalue weighted by Gasteiger charge is 2.16. The van der Waals surface area contributed by atoms with E-state index in [1.54, 1.807) is 0 Å². The summed E-state index contributed by atoms with van der Waals surface area (Å²) in [5.41, 5.74) is 3.09. The van der Waals surface area contributed by atoms with Gasteiger partial charge in [0.2, 0.25) is 0 Å². The molecule has 0 spiro atoms. The third-order valence-corrected chi connectivity index (χ3v) is 4.67. The lowest BCUT2D eigenvalue weighted by molar-refractivity contribution is 0.826. The highest BCUT2D eigenvalue weighted by atomic mass is 15.1. The molecule has 0 saturated carbocycles. The van der Waals surface area contributed by atoms with Crippen LogP contribution in [0.1, 0.15) is 45.1 Å². The summed E-state index contributed by atoms with van der Waals surface area (Å²) in [5, 5.41) is 17.5. The average molecular weight is 374 g/mol. The number of benzene rings is 1. The van der Waals surface area contributed by atoms with E-state index in [-0.39, 0.29) is 0 Å². The maximum absolute atomic E-state index is 9.85. The molecule has 0 bridgehead atoms. The van der Waals surface area contributed by atoms with Crippen molar-refractivity contribution in [3.63, 3.8) is 0 Å². The van der Waals surface area contributed by atoms with Gasteiger partial charge < -0.3 is 10.6 Å². The summed E-state index contributed by atoms with van der Waals surface area (Å²) in [6.45, 7) is 5.94. The van der Waals surface area contributed by atoms with Crippen molar-refractivity contribution in [3.8, 4) is 17.3 Å². The van der Waals surface area contributed by atoms with Crippen molar-refractivity contribution >= 4 is 22.5 Å². The predicted molar refractivity (Wildman–Crippen MR) is 116 cm³/mol. The zero-order valence-corrected chi connectivity index (χ0v) is 16.6. The normalized spacial score (nSPS) is 10.6. The summed E-state index contributed by atoms with van der Waals surface area (Å²) in [6, 6.07) is 16.4. The van der Waals surface area contributed by atoms with Crippen molar-refractivity contribution in [1.82, 2.24) is 9.97 Å². The minimum absolute atomic E-state index is 0.505. The van der Waals surface area contributed by atoms with Gasteiger partial charge in [-0.3, -0.25) is 0 Å². The molecule has 0 atom stereocenters. The fourth-order valence-electron chi connectivity index (χ4n) is 3.09. The molecule has 5 heteroatoms. The summed E-state index contributed by atoms with van der Waals surface area (Å²) >= 11 is 0. The van der Waals surface area contributed by atoms with Crippen LogP contribution in [-0.2, 0) is 0 Å². The van der Waals surface area contributed by atoms with E-state index < -0.39 is 0 Å². The van der Waals surface area contributed by atoms with Gasteiger partial charge in [0.1, 0.15) is 23.3 Å². The SMILES string of the molecule is CCCCNc1nc(NCCCC)c2ccc(-c3ccccc3)nc2c1C#N. The van der Waals surface area contributed by atoms with Crippen LogP contribution in [0, 0.1) is 11.3 Å². The van der Waals surface area contributed by atoms with E-state index in [2.05, 4.69) is 30.6 Å². The Morgan fingerprint density at radius 2 is 1.54 bits per heavy atom.